The molecule has 1 heterocycles. The molecule has 1 saturated heterocycles. The molecule has 14 heavy (non-hydrogen) atoms. The van der Waals surface area contributed by atoms with Gasteiger partial charge in [-0.2, -0.15) is 0 Å². The summed E-state index contributed by atoms with van der Waals surface area (Å²) in [7, 11) is 0. The van der Waals surface area contributed by atoms with Gasteiger partial charge in [0.2, 0.25) is 0 Å². The van der Waals surface area contributed by atoms with E-state index in [4.69, 9.17) is 4.74 Å². The van der Waals surface area contributed by atoms with Gasteiger partial charge in [0.1, 0.15) is 0 Å². The number of ether oxygens (including phenoxy) is 1. The van der Waals surface area contributed by atoms with Crippen molar-refractivity contribution in [2.45, 2.75) is 45.8 Å². The van der Waals surface area contributed by atoms with Gasteiger partial charge in [-0.1, -0.05) is 13.8 Å². The minimum atomic E-state index is 0.357. The first-order valence-corrected chi connectivity index (χ1v) is 5.54. The van der Waals surface area contributed by atoms with Gasteiger partial charge in [0.25, 0.3) is 0 Å². The SMILES string of the molecule is CC#CCC(NCC)C1OCCC1C. The molecule has 1 fully saturated rings. The van der Waals surface area contributed by atoms with Crippen LogP contribution in [0.25, 0.3) is 0 Å². The zero-order valence-electron chi connectivity index (χ0n) is 9.47. The predicted octanol–water partition coefficient (Wildman–Crippen LogP) is 1.80. The molecule has 1 rings (SSSR count). The number of hydrogen-bond acceptors (Lipinski definition) is 2. The molecular formula is C12H21NO. The first kappa shape index (κ1) is 11.6. The first-order chi connectivity index (χ1) is 6.79. The van der Waals surface area contributed by atoms with Crippen LogP contribution in [0.5, 0.6) is 0 Å². The van der Waals surface area contributed by atoms with Gasteiger partial charge >= 0.3 is 0 Å². The van der Waals surface area contributed by atoms with Crippen LogP contribution < -0.4 is 5.32 Å². The molecule has 3 unspecified atom stereocenters. The molecule has 0 saturated carbocycles. The van der Waals surface area contributed by atoms with Crippen LogP contribution in [-0.2, 0) is 4.74 Å². The van der Waals surface area contributed by atoms with E-state index in [1.807, 2.05) is 6.92 Å². The van der Waals surface area contributed by atoms with E-state index < -0.39 is 0 Å². The van der Waals surface area contributed by atoms with E-state index in [0.29, 0.717) is 18.1 Å². The Morgan fingerprint density at radius 3 is 2.86 bits per heavy atom. The molecule has 0 amide bonds. The van der Waals surface area contributed by atoms with Crippen molar-refractivity contribution in [2.24, 2.45) is 5.92 Å². The van der Waals surface area contributed by atoms with Gasteiger partial charge in [-0.15, -0.1) is 11.8 Å². The average Bonchev–Trinajstić information content (AvgIpc) is 2.59. The lowest BCUT2D eigenvalue weighted by molar-refractivity contribution is 0.0629. The van der Waals surface area contributed by atoms with Crippen LogP contribution in [0.2, 0.25) is 0 Å². The van der Waals surface area contributed by atoms with Crippen molar-refractivity contribution in [2.75, 3.05) is 13.2 Å². The highest BCUT2D eigenvalue weighted by molar-refractivity contribution is 5.01. The summed E-state index contributed by atoms with van der Waals surface area (Å²) in [6, 6.07) is 0.407. The number of rotatable bonds is 4. The van der Waals surface area contributed by atoms with Crippen molar-refractivity contribution in [3.63, 3.8) is 0 Å². The fourth-order valence-corrected chi connectivity index (χ4v) is 2.01. The normalized spacial score (nSPS) is 28.2. The highest BCUT2D eigenvalue weighted by Crippen LogP contribution is 2.24. The molecule has 2 nitrogen and oxygen atoms in total. The quantitative estimate of drug-likeness (QED) is 0.691. The summed E-state index contributed by atoms with van der Waals surface area (Å²) in [6.45, 7) is 8.19. The number of hydrogen-bond donors (Lipinski definition) is 1. The summed E-state index contributed by atoms with van der Waals surface area (Å²) in [5.74, 6) is 6.75. The minimum absolute atomic E-state index is 0.357. The van der Waals surface area contributed by atoms with E-state index >= 15 is 0 Å². The Bertz CT molecular complexity index is 216. The van der Waals surface area contributed by atoms with Crippen LogP contribution in [-0.4, -0.2) is 25.3 Å². The molecule has 0 aromatic carbocycles. The van der Waals surface area contributed by atoms with E-state index in [1.165, 1.54) is 6.42 Å². The Kier molecular flexibility index (Phi) is 5.00. The molecule has 0 aliphatic carbocycles. The van der Waals surface area contributed by atoms with Crippen molar-refractivity contribution in [3.05, 3.63) is 0 Å². The van der Waals surface area contributed by atoms with Crippen LogP contribution in [0.1, 0.15) is 33.6 Å². The van der Waals surface area contributed by atoms with Crippen LogP contribution in [0.4, 0.5) is 0 Å². The molecule has 3 atom stereocenters. The van der Waals surface area contributed by atoms with Crippen LogP contribution in [0.3, 0.4) is 0 Å². The third-order valence-electron chi connectivity index (χ3n) is 2.81. The zero-order chi connectivity index (χ0) is 10.4. The Morgan fingerprint density at radius 2 is 2.36 bits per heavy atom. The third-order valence-corrected chi connectivity index (χ3v) is 2.81. The maximum absolute atomic E-state index is 5.75. The highest BCUT2D eigenvalue weighted by Gasteiger charge is 2.30. The lowest BCUT2D eigenvalue weighted by Gasteiger charge is -2.25. The molecule has 0 bridgehead atoms. The predicted molar refractivity (Wildman–Crippen MR) is 59.1 cm³/mol. The highest BCUT2D eigenvalue weighted by atomic mass is 16.5. The van der Waals surface area contributed by atoms with Crippen molar-refractivity contribution >= 4 is 0 Å². The van der Waals surface area contributed by atoms with Crippen molar-refractivity contribution in [1.29, 1.82) is 0 Å². The van der Waals surface area contributed by atoms with Crippen LogP contribution in [0.15, 0.2) is 0 Å². The summed E-state index contributed by atoms with van der Waals surface area (Å²) in [6.07, 6.45) is 2.45. The van der Waals surface area contributed by atoms with Crippen molar-refractivity contribution < 1.29 is 4.74 Å². The smallest absolute Gasteiger partial charge is 0.0763 e. The minimum Gasteiger partial charge on any atom is -0.376 e. The fourth-order valence-electron chi connectivity index (χ4n) is 2.01. The van der Waals surface area contributed by atoms with Gasteiger partial charge in [-0.3, -0.25) is 0 Å². The zero-order valence-corrected chi connectivity index (χ0v) is 9.47. The van der Waals surface area contributed by atoms with E-state index in [0.717, 1.165) is 19.6 Å². The molecule has 1 aliphatic rings. The molecule has 0 radical (unpaired) electrons. The van der Waals surface area contributed by atoms with Crippen LogP contribution >= 0.6 is 0 Å². The summed E-state index contributed by atoms with van der Waals surface area (Å²) in [4.78, 5) is 0. The molecule has 1 N–H and O–H groups in total. The molecular weight excluding hydrogens is 174 g/mol. The summed E-state index contributed by atoms with van der Waals surface area (Å²) in [5.41, 5.74) is 0. The van der Waals surface area contributed by atoms with Gasteiger partial charge < -0.3 is 10.1 Å². The monoisotopic (exact) mass is 195 g/mol. The maximum atomic E-state index is 5.75. The Labute approximate surface area is 87.4 Å². The van der Waals surface area contributed by atoms with Gasteiger partial charge in [-0.05, 0) is 25.8 Å². The first-order valence-electron chi connectivity index (χ1n) is 5.54. The van der Waals surface area contributed by atoms with E-state index in [9.17, 15) is 0 Å². The number of nitrogens with one attached hydrogen (secondary N) is 1. The Balaban J connectivity index is 2.50. The summed E-state index contributed by atoms with van der Waals surface area (Å²) in [5, 5.41) is 3.46. The van der Waals surface area contributed by atoms with Crippen molar-refractivity contribution in [1.82, 2.24) is 5.32 Å². The van der Waals surface area contributed by atoms with Gasteiger partial charge in [0, 0.05) is 19.1 Å². The van der Waals surface area contributed by atoms with E-state index in [2.05, 4.69) is 31.0 Å². The Morgan fingerprint density at radius 1 is 1.57 bits per heavy atom. The molecule has 0 aromatic rings. The molecule has 0 spiro atoms. The second-order valence-electron chi connectivity index (χ2n) is 3.90. The Hall–Kier alpha value is -0.520. The number of likely N-dealkylation sites (N-methyl/N-ethyl adjacent to an activating group) is 1. The van der Waals surface area contributed by atoms with Gasteiger partial charge in [0.15, 0.2) is 0 Å². The second kappa shape index (κ2) is 6.06. The topological polar surface area (TPSA) is 21.3 Å². The van der Waals surface area contributed by atoms with E-state index in [-0.39, 0.29) is 0 Å². The standard InChI is InChI=1S/C12H21NO/c1-4-6-7-11(13-5-2)12-10(3)8-9-14-12/h10-13H,5,7-9H2,1-3H3. The molecule has 80 valence electrons. The second-order valence-corrected chi connectivity index (χ2v) is 3.90. The fraction of sp³-hybridized carbons (Fsp3) is 0.833. The largest absolute Gasteiger partial charge is 0.376 e. The third kappa shape index (κ3) is 3.01. The van der Waals surface area contributed by atoms with Crippen LogP contribution in [0, 0.1) is 17.8 Å². The van der Waals surface area contributed by atoms with Gasteiger partial charge in [0.05, 0.1) is 6.10 Å². The summed E-state index contributed by atoms with van der Waals surface area (Å²) >= 11 is 0. The molecule has 1 aliphatic heterocycles. The average molecular weight is 195 g/mol. The molecule has 2 heteroatoms. The summed E-state index contributed by atoms with van der Waals surface area (Å²) < 4.78 is 5.75. The lowest BCUT2D eigenvalue weighted by atomic mass is 9.95. The lowest BCUT2D eigenvalue weighted by Crippen LogP contribution is -2.41. The maximum Gasteiger partial charge on any atom is 0.0763 e. The van der Waals surface area contributed by atoms with Gasteiger partial charge in [-0.25, -0.2) is 0 Å². The van der Waals surface area contributed by atoms with E-state index in [1.54, 1.807) is 0 Å². The van der Waals surface area contributed by atoms with Crippen molar-refractivity contribution in [3.8, 4) is 11.8 Å². The molecule has 0 aromatic heterocycles.